The van der Waals surface area contributed by atoms with Crippen LogP contribution in [0.2, 0.25) is 0 Å². The van der Waals surface area contributed by atoms with Crippen molar-refractivity contribution in [2.45, 2.75) is 20.4 Å². The van der Waals surface area contributed by atoms with E-state index in [1.165, 1.54) is 4.88 Å². The average molecular weight is 295 g/mol. The molecule has 1 unspecified atom stereocenters. The van der Waals surface area contributed by atoms with E-state index in [9.17, 15) is 4.79 Å². The molecule has 0 aliphatic carbocycles. The summed E-state index contributed by atoms with van der Waals surface area (Å²) in [5.41, 5.74) is 5.74. The summed E-state index contributed by atoms with van der Waals surface area (Å²) >= 11 is 1.80. The topological polar surface area (TPSA) is 49.6 Å². The Balaban J connectivity index is 1.83. The monoisotopic (exact) mass is 295 g/mol. The van der Waals surface area contributed by atoms with Crippen LogP contribution in [0.15, 0.2) is 17.5 Å². The van der Waals surface area contributed by atoms with Gasteiger partial charge in [-0.1, -0.05) is 19.9 Å². The van der Waals surface area contributed by atoms with Gasteiger partial charge < -0.3 is 10.6 Å². The van der Waals surface area contributed by atoms with Crippen LogP contribution in [0.1, 0.15) is 18.7 Å². The van der Waals surface area contributed by atoms with Gasteiger partial charge in [-0.15, -0.1) is 11.3 Å². The quantitative estimate of drug-likeness (QED) is 0.898. The molecule has 1 amide bonds. The molecule has 0 bridgehead atoms. The van der Waals surface area contributed by atoms with Gasteiger partial charge >= 0.3 is 0 Å². The molecule has 0 aromatic carbocycles. The maximum Gasteiger partial charge on any atom is 0.227 e. The highest BCUT2D eigenvalue weighted by molar-refractivity contribution is 7.09. The largest absolute Gasteiger partial charge is 0.340 e. The smallest absolute Gasteiger partial charge is 0.227 e. The molecule has 0 saturated carbocycles. The van der Waals surface area contributed by atoms with E-state index in [4.69, 9.17) is 5.73 Å². The first-order chi connectivity index (χ1) is 9.61. The van der Waals surface area contributed by atoms with Crippen molar-refractivity contribution in [3.8, 4) is 0 Å². The van der Waals surface area contributed by atoms with Gasteiger partial charge in [0.2, 0.25) is 5.91 Å². The van der Waals surface area contributed by atoms with Crippen LogP contribution >= 0.6 is 11.3 Å². The number of thiophene rings is 1. The Morgan fingerprint density at radius 3 is 2.55 bits per heavy atom. The lowest BCUT2D eigenvalue weighted by atomic mass is 9.94. The molecule has 1 aliphatic heterocycles. The van der Waals surface area contributed by atoms with E-state index in [0.717, 1.165) is 32.7 Å². The number of nitrogens with zero attached hydrogens (tertiary/aromatic N) is 2. The number of amides is 1. The lowest BCUT2D eigenvalue weighted by Crippen LogP contribution is -2.51. The third-order valence-corrected chi connectivity index (χ3v) is 4.88. The first-order valence-corrected chi connectivity index (χ1v) is 8.23. The number of rotatable bonds is 5. The van der Waals surface area contributed by atoms with E-state index in [-0.39, 0.29) is 11.8 Å². The van der Waals surface area contributed by atoms with Gasteiger partial charge in [-0.25, -0.2) is 0 Å². The fourth-order valence-corrected chi connectivity index (χ4v) is 3.39. The van der Waals surface area contributed by atoms with Crippen LogP contribution < -0.4 is 5.73 Å². The lowest BCUT2D eigenvalue weighted by molar-refractivity contribution is -0.138. The van der Waals surface area contributed by atoms with Gasteiger partial charge in [0.25, 0.3) is 0 Å². The van der Waals surface area contributed by atoms with Crippen molar-refractivity contribution >= 4 is 17.2 Å². The molecule has 1 aromatic rings. The van der Waals surface area contributed by atoms with Gasteiger partial charge in [0.1, 0.15) is 0 Å². The SMILES string of the molecule is CC(C)C(CN)C(=O)N1CCN(Cc2cccs2)CC1. The van der Waals surface area contributed by atoms with Gasteiger partial charge in [-0.3, -0.25) is 9.69 Å². The van der Waals surface area contributed by atoms with Crippen LogP contribution in [0.3, 0.4) is 0 Å². The zero-order chi connectivity index (χ0) is 14.5. The Morgan fingerprint density at radius 2 is 2.05 bits per heavy atom. The number of carbonyl (C=O) groups is 1. The molecule has 1 atom stereocenters. The predicted molar refractivity (Wildman–Crippen MR) is 83.6 cm³/mol. The summed E-state index contributed by atoms with van der Waals surface area (Å²) in [6.07, 6.45) is 0. The van der Waals surface area contributed by atoms with Crippen LogP contribution in [-0.2, 0) is 11.3 Å². The Bertz CT molecular complexity index is 411. The Hall–Kier alpha value is -0.910. The number of nitrogens with two attached hydrogens (primary N) is 1. The predicted octanol–water partition coefficient (Wildman–Crippen LogP) is 1.62. The van der Waals surface area contributed by atoms with Gasteiger partial charge in [-0.05, 0) is 17.4 Å². The Kier molecular flexibility index (Phi) is 5.57. The molecule has 1 fully saturated rings. The summed E-state index contributed by atoms with van der Waals surface area (Å²) in [5.74, 6) is 0.522. The van der Waals surface area contributed by atoms with E-state index in [1.807, 2.05) is 4.90 Å². The van der Waals surface area contributed by atoms with E-state index >= 15 is 0 Å². The maximum absolute atomic E-state index is 12.4. The van der Waals surface area contributed by atoms with Gasteiger partial charge in [0.15, 0.2) is 0 Å². The van der Waals surface area contributed by atoms with Crippen LogP contribution in [0.4, 0.5) is 0 Å². The summed E-state index contributed by atoms with van der Waals surface area (Å²) in [5, 5.41) is 2.11. The summed E-state index contributed by atoms with van der Waals surface area (Å²) in [6, 6.07) is 4.26. The summed E-state index contributed by atoms with van der Waals surface area (Å²) in [4.78, 5) is 18.2. The third-order valence-electron chi connectivity index (χ3n) is 4.02. The van der Waals surface area contributed by atoms with Crippen molar-refractivity contribution in [1.82, 2.24) is 9.80 Å². The molecule has 1 aliphatic rings. The fraction of sp³-hybridized carbons (Fsp3) is 0.667. The summed E-state index contributed by atoms with van der Waals surface area (Å²) in [6.45, 7) is 9.17. The van der Waals surface area contributed by atoms with Crippen LogP contribution in [0.5, 0.6) is 0 Å². The molecule has 1 aromatic heterocycles. The molecule has 20 heavy (non-hydrogen) atoms. The molecule has 0 radical (unpaired) electrons. The molecule has 1 saturated heterocycles. The van der Waals surface area contributed by atoms with E-state index in [0.29, 0.717) is 12.5 Å². The number of hydrogen-bond acceptors (Lipinski definition) is 4. The Labute approximate surface area is 125 Å². The summed E-state index contributed by atoms with van der Waals surface area (Å²) in [7, 11) is 0. The van der Waals surface area contributed by atoms with Gasteiger partial charge in [0.05, 0.1) is 5.92 Å². The van der Waals surface area contributed by atoms with Crippen LogP contribution in [0.25, 0.3) is 0 Å². The van der Waals surface area contributed by atoms with Crippen LogP contribution in [-0.4, -0.2) is 48.4 Å². The normalized spacial score (nSPS) is 18.5. The van der Waals surface area contributed by atoms with Gasteiger partial charge in [-0.2, -0.15) is 0 Å². The minimum absolute atomic E-state index is 0.0288. The second-order valence-electron chi connectivity index (χ2n) is 5.77. The molecule has 5 heteroatoms. The maximum atomic E-state index is 12.4. The van der Waals surface area contributed by atoms with Gasteiger partial charge in [0, 0.05) is 44.1 Å². The number of hydrogen-bond donors (Lipinski definition) is 1. The van der Waals surface area contributed by atoms with Crippen molar-refractivity contribution in [3.63, 3.8) is 0 Å². The molecule has 2 N–H and O–H groups in total. The highest BCUT2D eigenvalue weighted by atomic mass is 32.1. The van der Waals surface area contributed by atoms with E-state index < -0.39 is 0 Å². The molecule has 0 spiro atoms. The second-order valence-corrected chi connectivity index (χ2v) is 6.80. The number of piperazine rings is 1. The standard InChI is InChI=1S/C15H25N3OS/c1-12(2)14(10-16)15(19)18-7-5-17(6-8-18)11-13-4-3-9-20-13/h3-4,9,12,14H,5-8,10-11,16H2,1-2H3. The zero-order valence-electron chi connectivity index (χ0n) is 12.4. The molecular formula is C15H25N3OS. The molecule has 2 rings (SSSR count). The van der Waals surface area contributed by atoms with Crippen molar-refractivity contribution in [2.75, 3.05) is 32.7 Å². The highest BCUT2D eigenvalue weighted by Crippen LogP contribution is 2.17. The number of carbonyl (C=O) groups excluding carboxylic acids is 1. The third kappa shape index (κ3) is 3.81. The van der Waals surface area contributed by atoms with Crippen molar-refractivity contribution in [2.24, 2.45) is 17.6 Å². The summed E-state index contributed by atoms with van der Waals surface area (Å²) < 4.78 is 0. The van der Waals surface area contributed by atoms with Crippen molar-refractivity contribution < 1.29 is 4.79 Å². The highest BCUT2D eigenvalue weighted by Gasteiger charge is 2.28. The minimum atomic E-state index is -0.0288. The fourth-order valence-electron chi connectivity index (χ4n) is 2.64. The first kappa shape index (κ1) is 15.5. The zero-order valence-corrected chi connectivity index (χ0v) is 13.2. The molecule has 4 nitrogen and oxygen atoms in total. The Morgan fingerprint density at radius 1 is 1.35 bits per heavy atom. The molecular weight excluding hydrogens is 270 g/mol. The average Bonchev–Trinajstić information content (AvgIpc) is 2.92. The molecule has 112 valence electrons. The van der Waals surface area contributed by atoms with E-state index in [2.05, 4.69) is 36.3 Å². The first-order valence-electron chi connectivity index (χ1n) is 7.35. The minimum Gasteiger partial charge on any atom is -0.340 e. The lowest BCUT2D eigenvalue weighted by Gasteiger charge is -2.36. The van der Waals surface area contributed by atoms with Crippen molar-refractivity contribution in [1.29, 1.82) is 0 Å². The van der Waals surface area contributed by atoms with E-state index in [1.54, 1.807) is 11.3 Å². The molecule has 2 heterocycles. The second kappa shape index (κ2) is 7.20. The van der Waals surface area contributed by atoms with Crippen molar-refractivity contribution in [3.05, 3.63) is 22.4 Å². The van der Waals surface area contributed by atoms with Crippen LogP contribution in [0, 0.1) is 11.8 Å².